The molecule has 200 valence electrons. The summed E-state index contributed by atoms with van der Waals surface area (Å²) in [6.45, 7) is 4.13. The maximum atomic E-state index is 13.4. The fraction of sp³-hybridized carbons (Fsp3) is 0.333. The minimum Gasteiger partial charge on any atom is -0.484 e. The number of hydrogen-bond acceptors (Lipinski definition) is 6. The van der Waals surface area contributed by atoms with Gasteiger partial charge in [-0.2, -0.15) is 13.2 Å². The lowest BCUT2D eigenvalue weighted by molar-refractivity contribution is -0.152. The number of alkyl halides is 3. The number of aliphatic carboxylic acids is 1. The first-order chi connectivity index (χ1) is 17.9. The van der Waals surface area contributed by atoms with Crippen LogP contribution in [0.5, 0.6) is 11.5 Å². The topological polar surface area (TPSA) is 102 Å². The van der Waals surface area contributed by atoms with Gasteiger partial charge in [0, 0.05) is 11.6 Å². The Kier molecular flexibility index (Phi) is 7.30. The molecule has 0 atom stereocenters. The van der Waals surface area contributed by atoms with Crippen molar-refractivity contribution < 1.29 is 37.3 Å². The van der Waals surface area contributed by atoms with E-state index in [-0.39, 0.29) is 11.6 Å². The van der Waals surface area contributed by atoms with Gasteiger partial charge in [0.15, 0.2) is 12.2 Å². The second-order valence-corrected chi connectivity index (χ2v) is 9.47. The first-order valence-electron chi connectivity index (χ1n) is 11.8. The lowest BCUT2D eigenvalue weighted by Gasteiger charge is -2.25. The molecule has 0 spiro atoms. The van der Waals surface area contributed by atoms with Gasteiger partial charge in [-0.15, -0.1) is 0 Å². The van der Waals surface area contributed by atoms with Gasteiger partial charge in [0.1, 0.15) is 17.8 Å². The fourth-order valence-electron chi connectivity index (χ4n) is 3.75. The number of nitrogens with zero attached hydrogens (tertiary/aromatic N) is 3. The summed E-state index contributed by atoms with van der Waals surface area (Å²) in [4.78, 5) is 34.4. The van der Waals surface area contributed by atoms with Crippen molar-refractivity contribution in [3.63, 3.8) is 0 Å². The number of ether oxygens (including phenoxy) is 2. The van der Waals surface area contributed by atoms with E-state index in [0.29, 0.717) is 28.4 Å². The van der Waals surface area contributed by atoms with Gasteiger partial charge in [-0.05, 0) is 81.6 Å². The molecule has 1 saturated carbocycles. The Balaban J connectivity index is 1.58. The number of rotatable bonds is 9. The fourth-order valence-corrected chi connectivity index (χ4v) is 3.75. The van der Waals surface area contributed by atoms with Crippen LogP contribution in [0.4, 0.5) is 24.5 Å². The van der Waals surface area contributed by atoms with Crippen molar-refractivity contribution >= 4 is 23.3 Å². The predicted molar refractivity (Wildman–Crippen MR) is 132 cm³/mol. The van der Waals surface area contributed by atoms with Gasteiger partial charge in [-0.3, -0.25) is 9.69 Å². The molecule has 0 unspecified atom stereocenters. The standard InChI is InChI=1S/C27H26F3N3O5/c1-16-12-20(10-11-22(16)38-26(2,3)25(35)36)37-14-23(34)33(19-8-6-18(7-9-19)27(28,29)30)21-13-31-15-32-24(21)17-4-5-17/h6-13,15,17H,4-5,14H2,1-3H3,(H,35,36). The van der Waals surface area contributed by atoms with Crippen LogP contribution in [0.15, 0.2) is 55.0 Å². The van der Waals surface area contributed by atoms with E-state index in [1.165, 1.54) is 49.5 Å². The highest BCUT2D eigenvalue weighted by atomic mass is 19.4. The number of benzene rings is 2. The lowest BCUT2D eigenvalue weighted by atomic mass is 10.1. The zero-order valence-electron chi connectivity index (χ0n) is 21.0. The minimum atomic E-state index is -4.51. The number of amides is 1. The summed E-state index contributed by atoms with van der Waals surface area (Å²) in [5, 5.41) is 9.29. The molecule has 0 aliphatic heterocycles. The van der Waals surface area contributed by atoms with E-state index >= 15 is 0 Å². The van der Waals surface area contributed by atoms with Gasteiger partial charge in [0.05, 0.1) is 23.1 Å². The third-order valence-corrected chi connectivity index (χ3v) is 6.02. The number of hydrogen-bond donors (Lipinski definition) is 1. The molecule has 1 aromatic heterocycles. The zero-order valence-corrected chi connectivity index (χ0v) is 21.0. The van der Waals surface area contributed by atoms with Crippen LogP contribution in [-0.4, -0.2) is 39.2 Å². The molecule has 1 aliphatic rings. The van der Waals surface area contributed by atoms with Gasteiger partial charge >= 0.3 is 12.1 Å². The van der Waals surface area contributed by atoms with Crippen molar-refractivity contribution in [2.24, 2.45) is 0 Å². The van der Waals surface area contributed by atoms with Crippen LogP contribution < -0.4 is 14.4 Å². The number of anilines is 2. The van der Waals surface area contributed by atoms with E-state index in [4.69, 9.17) is 9.47 Å². The molecule has 8 nitrogen and oxygen atoms in total. The summed E-state index contributed by atoms with van der Waals surface area (Å²) < 4.78 is 50.7. The first-order valence-corrected chi connectivity index (χ1v) is 11.8. The molecule has 1 N–H and O–H groups in total. The van der Waals surface area contributed by atoms with Crippen molar-refractivity contribution in [2.45, 2.75) is 51.3 Å². The van der Waals surface area contributed by atoms with Crippen LogP contribution in [-0.2, 0) is 15.8 Å². The summed E-state index contributed by atoms with van der Waals surface area (Å²) in [7, 11) is 0. The molecule has 3 aromatic rings. The van der Waals surface area contributed by atoms with Crippen LogP contribution in [0.3, 0.4) is 0 Å². The number of carbonyl (C=O) groups excluding carboxylic acids is 1. The summed E-state index contributed by atoms with van der Waals surface area (Å²) in [6, 6.07) is 8.97. The second-order valence-electron chi connectivity index (χ2n) is 9.47. The summed E-state index contributed by atoms with van der Waals surface area (Å²) in [6.07, 6.45) is 0.112. The van der Waals surface area contributed by atoms with Crippen molar-refractivity contribution in [1.82, 2.24) is 9.97 Å². The number of aryl methyl sites for hydroxylation is 1. The van der Waals surface area contributed by atoms with Gasteiger partial charge < -0.3 is 14.6 Å². The number of aromatic nitrogens is 2. The van der Waals surface area contributed by atoms with Crippen molar-refractivity contribution in [2.75, 3.05) is 11.5 Å². The Morgan fingerprint density at radius 2 is 1.79 bits per heavy atom. The average Bonchev–Trinajstić information content (AvgIpc) is 3.70. The van der Waals surface area contributed by atoms with E-state index in [0.717, 1.165) is 25.0 Å². The van der Waals surface area contributed by atoms with Crippen LogP contribution in [0.25, 0.3) is 0 Å². The number of carboxylic acid groups (broad SMARTS) is 1. The molecule has 2 aromatic carbocycles. The van der Waals surface area contributed by atoms with Crippen LogP contribution in [0, 0.1) is 6.92 Å². The summed E-state index contributed by atoms with van der Waals surface area (Å²) >= 11 is 0. The third-order valence-electron chi connectivity index (χ3n) is 6.02. The molecule has 38 heavy (non-hydrogen) atoms. The Morgan fingerprint density at radius 1 is 1.11 bits per heavy atom. The molecule has 11 heteroatoms. The molecule has 1 fully saturated rings. The molecule has 0 radical (unpaired) electrons. The summed E-state index contributed by atoms with van der Waals surface area (Å²) in [5.41, 5.74) is -0.427. The average molecular weight is 530 g/mol. The highest BCUT2D eigenvalue weighted by Gasteiger charge is 2.34. The molecule has 1 aliphatic carbocycles. The van der Waals surface area contributed by atoms with Crippen LogP contribution >= 0.6 is 0 Å². The number of carboxylic acids is 1. The van der Waals surface area contributed by atoms with Crippen molar-refractivity contribution in [1.29, 1.82) is 0 Å². The third kappa shape index (κ3) is 6.04. The lowest BCUT2D eigenvalue weighted by Crippen LogP contribution is -2.38. The molecule has 4 rings (SSSR count). The maximum Gasteiger partial charge on any atom is 0.416 e. The maximum absolute atomic E-state index is 13.4. The molecule has 0 bridgehead atoms. The Labute approximate surface area is 217 Å². The molecule has 0 saturated heterocycles. The smallest absolute Gasteiger partial charge is 0.416 e. The van der Waals surface area contributed by atoms with E-state index in [1.807, 2.05) is 0 Å². The van der Waals surface area contributed by atoms with Gasteiger partial charge in [0.2, 0.25) is 0 Å². The van der Waals surface area contributed by atoms with E-state index in [2.05, 4.69) is 9.97 Å². The normalized spacial score (nSPS) is 13.6. The number of halogens is 3. The zero-order chi connectivity index (χ0) is 27.7. The van der Waals surface area contributed by atoms with Crippen LogP contribution in [0.1, 0.15) is 49.4 Å². The Bertz CT molecular complexity index is 1340. The van der Waals surface area contributed by atoms with Gasteiger partial charge in [-0.1, -0.05) is 0 Å². The van der Waals surface area contributed by atoms with Crippen LogP contribution in [0.2, 0.25) is 0 Å². The van der Waals surface area contributed by atoms with E-state index < -0.39 is 35.8 Å². The molecule has 1 heterocycles. The largest absolute Gasteiger partial charge is 0.484 e. The first kappa shape index (κ1) is 26.9. The SMILES string of the molecule is Cc1cc(OCC(=O)N(c2ccc(C(F)(F)F)cc2)c2cncnc2C2CC2)ccc1OC(C)(C)C(=O)O. The summed E-state index contributed by atoms with van der Waals surface area (Å²) in [5.74, 6) is -0.842. The molecule has 1 amide bonds. The molecular formula is C27H26F3N3O5. The minimum absolute atomic E-state index is 0.143. The second kappa shape index (κ2) is 10.3. The van der Waals surface area contributed by atoms with E-state index in [9.17, 15) is 27.9 Å². The highest BCUT2D eigenvalue weighted by Crippen LogP contribution is 2.44. The monoisotopic (exact) mass is 529 g/mol. The van der Waals surface area contributed by atoms with Gasteiger partial charge in [0.25, 0.3) is 5.91 Å². The highest BCUT2D eigenvalue weighted by molar-refractivity contribution is 6.01. The van der Waals surface area contributed by atoms with Gasteiger partial charge in [-0.25, -0.2) is 14.8 Å². The Morgan fingerprint density at radius 3 is 2.37 bits per heavy atom. The molecular weight excluding hydrogens is 503 g/mol. The van der Waals surface area contributed by atoms with Crippen molar-refractivity contribution in [3.8, 4) is 11.5 Å². The quantitative estimate of drug-likeness (QED) is 0.381. The van der Waals surface area contributed by atoms with E-state index in [1.54, 1.807) is 19.1 Å². The predicted octanol–water partition coefficient (Wildman–Crippen LogP) is 5.67. The Hall–Kier alpha value is -4.15. The number of carbonyl (C=O) groups is 2. The van der Waals surface area contributed by atoms with Crippen molar-refractivity contribution in [3.05, 3.63) is 71.8 Å².